The van der Waals surface area contributed by atoms with E-state index in [-0.39, 0.29) is 5.91 Å². The van der Waals surface area contributed by atoms with Crippen LogP contribution in [0.1, 0.15) is 26.7 Å². The molecule has 2 heteroatoms. The van der Waals surface area contributed by atoms with Crippen molar-refractivity contribution >= 4 is 5.91 Å². The second-order valence-electron chi connectivity index (χ2n) is 2.58. The lowest BCUT2D eigenvalue weighted by atomic mass is 10.3. The number of nitrogens with zero attached hydrogens (tertiary/aromatic N) is 1. The number of hydrogen-bond donors (Lipinski definition) is 0. The minimum absolute atomic E-state index is 0.161. The fraction of sp³-hybridized carbons (Fsp3) is 0.667. The summed E-state index contributed by atoms with van der Waals surface area (Å²) in [6, 6.07) is 0. The molecule has 0 fully saturated rings. The summed E-state index contributed by atoms with van der Waals surface area (Å²) in [7, 11) is 0. The smallest absolute Gasteiger partial charge is 0.219 e. The highest BCUT2D eigenvalue weighted by molar-refractivity contribution is 5.73. The van der Waals surface area contributed by atoms with Crippen LogP contribution in [-0.2, 0) is 4.79 Å². The molecule has 1 amide bonds. The van der Waals surface area contributed by atoms with Crippen molar-refractivity contribution in [2.24, 2.45) is 0 Å². The SMILES string of the molecule is C=CCCN(CCC)C(C)=O. The van der Waals surface area contributed by atoms with E-state index in [0.717, 1.165) is 25.9 Å². The summed E-state index contributed by atoms with van der Waals surface area (Å²) >= 11 is 0. The summed E-state index contributed by atoms with van der Waals surface area (Å²) in [6.07, 6.45) is 3.75. The minimum atomic E-state index is 0.161. The molecule has 0 heterocycles. The third-order valence-corrected chi connectivity index (χ3v) is 1.54. The molecule has 0 rings (SSSR count). The van der Waals surface area contributed by atoms with Crippen LogP contribution >= 0.6 is 0 Å². The zero-order valence-electron chi connectivity index (χ0n) is 7.47. The lowest BCUT2D eigenvalue weighted by molar-refractivity contribution is -0.128. The molecule has 0 bridgehead atoms. The second-order valence-corrected chi connectivity index (χ2v) is 2.58. The molecule has 0 atom stereocenters. The van der Waals surface area contributed by atoms with Gasteiger partial charge >= 0.3 is 0 Å². The van der Waals surface area contributed by atoms with Crippen LogP contribution in [0.3, 0.4) is 0 Å². The van der Waals surface area contributed by atoms with E-state index in [1.807, 2.05) is 11.0 Å². The number of carbonyl (C=O) groups excluding carboxylic acids is 1. The van der Waals surface area contributed by atoms with E-state index in [2.05, 4.69) is 13.5 Å². The van der Waals surface area contributed by atoms with Gasteiger partial charge in [0, 0.05) is 20.0 Å². The van der Waals surface area contributed by atoms with Gasteiger partial charge in [0.05, 0.1) is 0 Å². The van der Waals surface area contributed by atoms with Crippen LogP contribution in [0.2, 0.25) is 0 Å². The van der Waals surface area contributed by atoms with Gasteiger partial charge in [-0.15, -0.1) is 6.58 Å². The Morgan fingerprint density at radius 1 is 1.55 bits per heavy atom. The average Bonchev–Trinajstić information content (AvgIpc) is 1.97. The van der Waals surface area contributed by atoms with E-state index in [1.54, 1.807) is 6.92 Å². The van der Waals surface area contributed by atoms with Crippen LogP contribution in [0, 0.1) is 0 Å². The van der Waals surface area contributed by atoms with E-state index in [4.69, 9.17) is 0 Å². The Morgan fingerprint density at radius 3 is 2.55 bits per heavy atom. The summed E-state index contributed by atoms with van der Waals surface area (Å²) in [6.45, 7) is 8.97. The van der Waals surface area contributed by atoms with Gasteiger partial charge in [-0.2, -0.15) is 0 Å². The molecule has 0 saturated carbocycles. The number of amides is 1. The summed E-state index contributed by atoms with van der Waals surface area (Å²) in [5, 5.41) is 0. The molecule has 2 nitrogen and oxygen atoms in total. The highest BCUT2D eigenvalue weighted by atomic mass is 16.2. The van der Waals surface area contributed by atoms with Gasteiger partial charge in [0.1, 0.15) is 0 Å². The third kappa shape index (κ3) is 4.59. The predicted molar refractivity (Wildman–Crippen MR) is 47.4 cm³/mol. The minimum Gasteiger partial charge on any atom is -0.343 e. The molecular weight excluding hydrogens is 138 g/mol. The first-order chi connectivity index (χ1) is 5.22. The van der Waals surface area contributed by atoms with E-state index in [9.17, 15) is 4.79 Å². The van der Waals surface area contributed by atoms with Gasteiger partial charge in [-0.25, -0.2) is 0 Å². The Bertz CT molecular complexity index is 132. The van der Waals surface area contributed by atoms with Crippen LogP contribution in [0.25, 0.3) is 0 Å². The molecule has 0 spiro atoms. The highest BCUT2D eigenvalue weighted by Gasteiger charge is 2.04. The number of hydrogen-bond acceptors (Lipinski definition) is 1. The van der Waals surface area contributed by atoms with Crippen molar-refractivity contribution in [3.05, 3.63) is 12.7 Å². The first-order valence-corrected chi connectivity index (χ1v) is 4.08. The second kappa shape index (κ2) is 5.96. The van der Waals surface area contributed by atoms with Crippen LogP contribution < -0.4 is 0 Å². The van der Waals surface area contributed by atoms with Crippen molar-refractivity contribution in [2.45, 2.75) is 26.7 Å². The predicted octanol–water partition coefficient (Wildman–Crippen LogP) is 1.82. The Hall–Kier alpha value is -0.790. The summed E-state index contributed by atoms with van der Waals surface area (Å²) in [5.74, 6) is 0.161. The van der Waals surface area contributed by atoms with E-state index < -0.39 is 0 Å². The monoisotopic (exact) mass is 155 g/mol. The zero-order chi connectivity index (χ0) is 8.69. The lowest BCUT2D eigenvalue weighted by Crippen LogP contribution is -2.30. The lowest BCUT2D eigenvalue weighted by Gasteiger charge is -2.18. The normalized spacial score (nSPS) is 9.27. The zero-order valence-corrected chi connectivity index (χ0v) is 7.47. The molecule has 0 unspecified atom stereocenters. The van der Waals surface area contributed by atoms with Crippen molar-refractivity contribution in [1.82, 2.24) is 4.90 Å². The Morgan fingerprint density at radius 2 is 2.18 bits per heavy atom. The Kier molecular flexibility index (Phi) is 5.53. The fourth-order valence-corrected chi connectivity index (χ4v) is 0.944. The third-order valence-electron chi connectivity index (χ3n) is 1.54. The molecule has 0 aliphatic heterocycles. The summed E-state index contributed by atoms with van der Waals surface area (Å²) < 4.78 is 0. The topological polar surface area (TPSA) is 20.3 Å². The van der Waals surface area contributed by atoms with Crippen molar-refractivity contribution in [1.29, 1.82) is 0 Å². The van der Waals surface area contributed by atoms with E-state index >= 15 is 0 Å². The molecule has 0 N–H and O–H groups in total. The van der Waals surface area contributed by atoms with Crippen molar-refractivity contribution in [2.75, 3.05) is 13.1 Å². The van der Waals surface area contributed by atoms with Crippen molar-refractivity contribution in [3.8, 4) is 0 Å². The molecule has 0 aliphatic carbocycles. The molecule has 64 valence electrons. The molecule has 0 aliphatic rings. The van der Waals surface area contributed by atoms with Gasteiger partial charge in [0.2, 0.25) is 5.91 Å². The summed E-state index contributed by atoms with van der Waals surface area (Å²) in [5.41, 5.74) is 0. The summed E-state index contributed by atoms with van der Waals surface area (Å²) in [4.78, 5) is 12.8. The van der Waals surface area contributed by atoms with Gasteiger partial charge in [0.25, 0.3) is 0 Å². The maximum Gasteiger partial charge on any atom is 0.219 e. The largest absolute Gasteiger partial charge is 0.343 e. The molecule has 0 aromatic heterocycles. The maximum absolute atomic E-state index is 10.9. The van der Waals surface area contributed by atoms with Gasteiger partial charge < -0.3 is 4.90 Å². The fourth-order valence-electron chi connectivity index (χ4n) is 0.944. The van der Waals surface area contributed by atoms with Crippen LogP contribution in [0.5, 0.6) is 0 Å². The molecule has 0 aromatic carbocycles. The standard InChI is InChI=1S/C9H17NO/c1-4-6-8-10(7-5-2)9(3)11/h4H,1,5-8H2,2-3H3. The number of carbonyl (C=O) groups is 1. The maximum atomic E-state index is 10.9. The quantitative estimate of drug-likeness (QED) is 0.554. The average molecular weight is 155 g/mol. The van der Waals surface area contributed by atoms with Gasteiger partial charge in [-0.05, 0) is 12.8 Å². The first-order valence-electron chi connectivity index (χ1n) is 4.08. The van der Waals surface area contributed by atoms with Crippen LogP contribution in [0.15, 0.2) is 12.7 Å². The van der Waals surface area contributed by atoms with Gasteiger partial charge in [0.15, 0.2) is 0 Å². The van der Waals surface area contributed by atoms with E-state index in [1.165, 1.54) is 0 Å². The molecule has 0 saturated heterocycles. The Labute approximate surface area is 68.9 Å². The van der Waals surface area contributed by atoms with Crippen LogP contribution in [-0.4, -0.2) is 23.9 Å². The first kappa shape index (κ1) is 10.2. The van der Waals surface area contributed by atoms with Crippen LogP contribution in [0.4, 0.5) is 0 Å². The molecule has 11 heavy (non-hydrogen) atoms. The van der Waals surface area contributed by atoms with Crippen molar-refractivity contribution < 1.29 is 4.79 Å². The molecular formula is C9H17NO. The van der Waals surface area contributed by atoms with Gasteiger partial charge in [-0.3, -0.25) is 4.79 Å². The molecule has 0 aromatic rings. The Balaban J connectivity index is 3.68. The van der Waals surface area contributed by atoms with Crippen molar-refractivity contribution in [3.63, 3.8) is 0 Å². The molecule has 0 radical (unpaired) electrons. The van der Waals surface area contributed by atoms with Gasteiger partial charge in [-0.1, -0.05) is 13.0 Å². The number of rotatable bonds is 5. The van der Waals surface area contributed by atoms with E-state index in [0.29, 0.717) is 0 Å². The highest BCUT2D eigenvalue weighted by Crippen LogP contribution is 1.94.